The first-order chi connectivity index (χ1) is 7.24. The Labute approximate surface area is 99.2 Å². The Bertz CT molecular complexity index is 335. The number of ketones is 1. The smallest absolute Gasteiger partial charge is 0.163 e. The SMILES string of the molecule is C=COCCCC(=O)c1ccc(Cl)cc1.F. The molecule has 0 aliphatic carbocycles. The van der Waals surface area contributed by atoms with Gasteiger partial charge in [-0.1, -0.05) is 18.2 Å². The van der Waals surface area contributed by atoms with Crippen LogP contribution >= 0.6 is 11.6 Å². The highest BCUT2D eigenvalue weighted by molar-refractivity contribution is 6.30. The Balaban J connectivity index is 0.00000225. The Morgan fingerprint density at radius 3 is 2.56 bits per heavy atom. The van der Waals surface area contributed by atoms with Gasteiger partial charge in [-0.05, 0) is 30.7 Å². The van der Waals surface area contributed by atoms with Gasteiger partial charge in [-0.2, -0.15) is 0 Å². The largest absolute Gasteiger partial charge is 0.502 e. The summed E-state index contributed by atoms with van der Waals surface area (Å²) < 4.78 is 4.93. The van der Waals surface area contributed by atoms with Crippen LogP contribution < -0.4 is 0 Å². The second-order valence-corrected chi connectivity index (χ2v) is 3.51. The van der Waals surface area contributed by atoms with Crippen LogP contribution in [0.3, 0.4) is 0 Å². The lowest BCUT2D eigenvalue weighted by Crippen LogP contribution is -2.00. The van der Waals surface area contributed by atoms with E-state index in [4.69, 9.17) is 16.3 Å². The zero-order valence-corrected chi connectivity index (χ0v) is 9.57. The number of Topliss-reactive ketones (excluding diaryl/α,β-unsaturated/α-hetero) is 1. The standard InChI is InChI=1S/C12H13ClO2.FH/c1-2-15-9-3-4-12(14)10-5-7-11(13)8-6-10;/h2,5-8H,1,3-4,9H2;1H. The predicted molar refractivity (Wildman–Crippen MR) is 63.7 cm³/mol. The van der Waals surface area contributed by atoms with Crippen molar-refractivity contribution >= 4 is 17.4 Å². The first-order valence-corrected chi connectivity index (χ1v) is 5.13. The monoisotopic (exact) mass is 244 g/mol. The number of carbonyl (C=O) groups excluding carboxylic acids is 1. The maximum Gasteiger partial charge on any atom is 0.163 e. The number of hydrogen-bond acceptors (Lipinski definition) is 2. The number of ether oxygens (including phenoxy) is 1. The lowest BCUT2D eigenvalue weighted by atomic mass is 10.1. The van der Waals surface area contributed by atoms with Crippen LogP contribution in [0.15, 0.2) is 37.1 Å². The van der Waals surface area contributed by atoms with Crippen molar-refractivity contribution in [3.8, 4) is 0 Å². The summed E-state index contributed by atoms with van der Waals surface area (Å²) in [5.41, 5.74) is 0.693. The zero-order valence-electron chi connectivity index (χ0n) is 8.82. The molecule has 1 rings (SSSR count). The Kier molecular flexibility index (Phi) is 7.21. The van der Waals surface area contributed by atoms with E-state index in [9.17, 15) is 4.79 Å². The maximum absolute atomic E-state index is 11.6. The molecule has 2 nitrogen and oxygen atoms in total. The Morgan fingerprint density at radius 2 is 2.00 bits per heavy atom. The van der Waals surface area contributed by atoms with Gasteiger partial charge >= 0.3 is 0 Å². The van der Waals surface area contributed by atoms with Gasteiger partial charge in [-0.3, -0.25) is 9.50 Å². The van der Waals surface area contributed by atoms with Crippen molar-refractivity contribution in [2.45, 2.75) is 12.8 Å². The summed E-state index contributed by atoms with van der Waals surface area (Å²) in [4.78, 5) is 11.6. The Morgan fingerprint density at radius 1 is 1.38 bits per heavy atom. The van der Waals surface area contributed by atoms with Gasteiger partial charge in [0.05, 0.1) is 12.9 Å². The van der Waals surface area contributed by atoms with Gasteiger partial charge in [-0.15, -0.1) is 0 Å². The minimum atomic E-state index is 0. The second kappa shape index (κ2) is 7.88. The quantitative estimate of drug-likeness (QED) is 0.434. The van der Waals surface area contributed by atoms with Crippen LogP contribution in [-0.4, -0.2) is 12.4 Å². The van der Waals surface area contributed by atoms with Crippen LogP contribution in [0, 0.1) is 0 Å². The van der Waals surface area contributed by atoms with E-state index in [1.165, 1.54) is 6.26 Å². The van der Waals surface area contributed by atoms with Gasteiger partial charge in [0.15, 0.2) is 5.78 Å². The van der Waals surface area contributed by atoms with Crippen molar-refractivity contribution in [2.24, 2.45) is 0 Å². The minimum absolute atomic E-state index is 0. The van der Waals surface area contributed by atoms with Gasteiger partial charge in [0.25, 0.3) is 0 Å². The molecule has 0 fully saturated rings. The molecule has 4 heteroatoms. The molecule has 0 atom stereocenters. The minimum Gasteiger partial charge on any atom is -0.502 e. The van der Waals surface area contributed by atoms with E-state index >= 15 is 0 Å². The van der Waals surface area contributed by atoms with Crippen LogP contribution in [0.2, 0.25) is 5.02 Å². The number of carbonyl (C=O) groups is 1. The molecule has 0 aliphatic rings. The van der Waals surface area contributed by atoms with Crippen LogP contribution in [-0.2, 0) is 4.74 Å². The molecule has 0 saturated carbocycles. The third-order valence-electron chi connectivity index (χ3n) is 1.95. The summed E-state index contributed by atoms with van der Waals surface area (Å²) in [6.07, 6.45) is 2.57. The van der Waals surface area contributed by atoms with E-state index in [-0.39, 0.29) is 10.5 Å². The zero-order chi connectivity index (χ0) is 11.1. The predicted octanol–water partition coefficient (Wildman–Crippen LogP) is 3.62. The van der Waals surface area contributed by atoms with Crippen molar-refractivity contribution in [3.05, 3.63) is 47.7 Å². The summed E-state index contributed by atoms with van der Waals surface area (Å²) in [6, 6.07) is 6.90. The average Bonchev–Trinajstić information content (AvgIpc) is 2.25. The fourth-order valence-corrected chi connectivity index (χ4v) is 1.31. The molecular weight excluding hydrogens is 231 g/mol. The number of rotatable bonds is 6. The molecule has 0 unspecified atom stereocenters. The summed E-state index contributed by atoms with van der Waals surface area (Å²) in [5.74, 6) is 0.110. The van der Waals surface area contributed by atoms with Crippen LogP contribution in [0.4, 0.5) is 4.70 Å². The maximum atomic E-state index is 11.6. The van der Waals surface area contributed by atoms with E-state index in [0.29, 0.717) is 30.0 Å². The highest BCUT2D eigenvalue weighted by atomic mass is 35.5. The van der Waals surface area contributed by atoms with Gasteiger partial charge < -0.3 is 4.74 Å². The van der Waals surface area contributed by atoms with Gasteiger partial charge in [0.2, 0.25) is 0 Å². The summed E-state index contributed by atoms with van der Waals surface area (Å²) >= 11 is 5.72. The van der Waals surface area contributed by atoms with Gasteiger partial charge in [0.1, 0.15) is 0 Å². The lowest BCUT2D eigenvalue weighted by Gasteiger charge is -2.01. The van der Waals surface area contributed by atoms with Gasteiger partial charge in [-0.25, -0.2) is 0 Å². The van der Waals surface area contributed by atoms with Crippen molar-refractivity contribution in [2.75, 3.05) is 6.61 Å². The molecular formula is C12H14ClFO2. The van der Waals surface area contributed by atoms with Crippen LogP contribution in [0.25, 0.3) is 0 Å². The van der Waals surface area contributed by atoms with Crippen LogP contribution in [0.1, 0.15) is 23.2 Å². The molecule has 88 valence electrons. The third-order valence-corrected chi connectivity index (χ3v) is 2.20. The van der Waals surface area contributed by atoms with Crippen molar-refractivity contribution < 1.29 is 14.2 Å². The number of hydrogen-bond donors (Lipinski definition) is 0. The van der Waals surface area contributed by atoms with E-state index in [1.807, 2.05) is 0 Å². The fourth-order valence-electron chi connectivity index (χ4n) is 1.18. The molecule has 0 amide bonds. The van der Waals surface area contributed by atoms with E-state index < -0.39 is 0 Å². The molecule has 0 bridgehead atoms. The third kappa shape index (κ3) is 4.94. The van der Waals surface area contributed by atoms with Gasteiger partial charge in [0, 0.05) is 17.0 Å². The molecule has 0 N–H and O–H groups in total. The van der Waals surface area contributed by atoms with Crippen LogP contribution in [0.5, 0.6) is 0 Å². The summed E-state index contributed by atoms with van der Waals surface area (Å²) in [7, 11) is 0. The second-order valence-electron chi connectivity index (χ2n) is 3.07. The molecule has 16 heavy (non-hydrogen) atoms. The first kappa shape index (κ1) is 14.6. The average molecular weight is 245 g/mol. The van der Waals surface area contributed by atoms with E-state index in [1.54, 1.807) is 24.3 Å². The molecule has 0 aliphatic heterocycles. The molecule has 0 radical (unpaired) electrons. The van der Waals surface area contributed by atoms with Crippen molar-refractivity contribution in [1.82, 2.24) is 0 Å². The van der Waals surface area contributed by atoms with E-state index in [0.717, 1.165) is 0 Å². The Hall–Kier alpha value is -1.35. The molecule has 0 saturated heterocycles. The highest BCUT2D eigenvalue weighted by Crippen LogP contribution is 2.11. The first-order valence-electron chi connectivity index (χ1n) is 4.75. The molecule has 0 heterocycles. The molecule has 1 aromatic rings. The summed E-state index contributed by atoms with van der Waals surface area (Å²) in [6.45, 7) is 3.95. The van der Waals surface area contributed by atoms with Crippen molar-refractivity contribution in [3.63, 3.8) is 0 Å². The number of halogens is 2. The molecule has 1 aromatic carbocycles. The number of benzene rings is 1. The highest BCUT2D eigenvalue weighted by Gasteiger charge is 2.04. The summed E-state index contributed by atoms with van der Waals surface area (Å²) in [5, 5.41) is 0.640. The topological polar surface area (TPSA) is 26.3 Å². The normalized spacial score (nSPS) is 9.06. The molecule has 0 spiro atoms. The molecule has 0 aromatic heterocycles. The van der Waals surface area contributed by atoms with E-state index in [2.05, 4.69) is 6.58 Å². The fraction of sp³-hybridized carbons (Fsp3) is 0.250. The van der Waals surface area contributed by atoms with Crippen molar-refractivity contribution in [1.29, 1.82) is 0 Å². The lowest BCUT2D eigenvalue weighted by molar-refractivity contribution is 0.0969.